The Bertz CT molecular complexity index is 1030. The average Bonchev–Trinajstić information content (AvgIpc) is 3.19. The number of unbranched alkanes of at least 4 members (excludes halogenated alkanes) is 35. The fourth-order valence-corrected chi connectivity index (χ4v) is 8.60. The van der Waals surface area contributed by atoms with Gasteiger partial charge in [0.15, 0.2) is 0 Å². The van der Waals surface area contributed by atoms with E-state index in [2.05, 4.69) is 31.3 Å². The normalized spacial score (nSPS) is 13.8. The van der Waals surface area contributed by atoms with Gasteiger partial charge in [-0.05, 0) is 44.9 Å². The fraction of sp³-hybridized carbons (Fsp3) is 0.900. The summed E-state index contributed by atoms with van der Waals surface area (Å²) >= 11 is 0. The second kappa shape index (κ2) is 43.9. The molecular formula is C50H97NO6S. The molecule has 0 fully saturated rings. The molecule has 4 N–H and O–H groups in total. The van der Waals surface area contributed by atoms with Crippen LogP contribution in [0.2, 0.25) is 0 Å². The molecule has 1 amide bonds. The lowest BCUT2D eigenvalue weighted by Gasteiger charge is -2.22. The van der Waals surface area contributed by atoms with Crippen LogP contribution in [0.4, 0.5) is 0 Å². The maximum Gasteiger partial charge on any atom is 0.267 e. The number of hydrogen-bond acceptors (Lipinski definition) is 5. The van der Waals surface area contributed by atoms with Crippen molar-refractivity contribution in [2.75, 3.05) is 5.75 Å². The zero-order chi connectivity index (χ0) is 42.6. The lowest BCUT2D eigenvalue weighted by molar-refractivity contribution is -0.130. The lowest BCUT2D eigenvalue weighted by atomic mass is 10.0. The van der Waals surface area contributed by atoms with Crippen molar-refractivity contribution in [3.8, 4) is 0 Å². The van der Waals surface area contributed by atoms with Crippen LogP contribution in [0, 0.1) is 0 Å². The van der Waals surface area contributed by atoms with Gasteiger partial charge in [0.25, 0.3) is 10.1 Å². The predicted octanol–water partition coefficient (Wildman–Crippen LogP) is 14.4. The van der Waals surface area contributed by atoms with Gasteiger partial charge in [0.1, 0.15) is 6.10 Å². The molecule has 0 aromatic heterocycles. The van der Waals surface area contributed by atoms with Crippen LogP contribution in [0.3, 0.4) is 0 Å². The average molecular weight is 840 g/mol. The van der Waals surface area contributed by atoms with E-state index in [-0.39, 0.29) is 6.42 Å². The Hall–Kier alpha value is -1.22. The number of allylic oxidation sites excluding steroid dienone is 3. The van der Waals surface area contributed by atoms with E-state index in [4.69, 9.17) is 0 Å². The van der Waals surface area contributed by atoms with Gasteiger partial charge in [-0.2, -0.15) is 8.42 Å². The van der Waals surface area contributed by atoms with Crippen molar-refractivity contribution >= 4 is 16.0 Å². The van der Waals surface area contributed by atoms with E-state index in [0.717, 1.165) is 44.9 Å². The van der Waals surface area contributed by atoms with Gasteiger partial charge >= 0.3 is 0 Å². The van der Waals surface area contributed by atoms with Crippen molar-refractivity contribution in [3.63, 3.8) is 0 Å². The van der Waals surface area contributed by atoms with Crippen LogP contribution in [0.5, 0.6) is 0 Å². The molecule has 0 aliphatic carbocycles. The van der Waals surface area contributed by atoms with Crippen LogP contribution in [0.15, 0.2) is 24.3 Å². The molecule has 3 unspecified atom stereocenters. The second-order valence-corrected chi connectivity index (χ2v) is 19.1. The summed E-state index contributed by atoms with van der Waals surface area (Å²) in [6, 6.07) is -1.23. The van der Waals surface area contributed by atoms with E-state index in [1.807, 2.05) is 6.08 Å². The minimum absolute atomic E-state index is 0.275. The van der Waals surface area contributed by atoms with Crippen LogP contribution in [0.25, 0.3) is 0 Å². The first-order chi connectivity index (χ1) is 28.2. The number of rotatable bonds is 46. The summed E-state index contributed by atoms with van der Waals surface area (Å²) in [5, 5.41) is 23.5. The molecule has 0 spiro atoms. The third-order valence-electron chi connectivity index (χ3n) is 11.7. The van der Waals surface area contributed by atoms with Gasteiger partial charge in [0.05, 0.1) is 17.9 Å². The molecule has 0 aliphatic rings. The molecule has 0 radical (unpaired) electrons. The van der Waals surface area contributed by atoms with Gasteiger partial charge in [-0.25, -0.2) is 0 Å². The standard InChI is InChI=1S/C50H97NO6S/c1-3-5-7-9-11-13-15-17-19-21-23-25-27-29-31-33-35-37-39-41-43-45-49(53)50(54)51-47(46-58(55,56)57)48(52)44-42-40-38-36-34-32-30-28-26-24-22-20-18-16-14-12-10-8-6-4-2/h27,29,42,44,47-49,52-53H,3-26,28,30-41,43,45-46H2,1-2H3,(H,51,54)(H,55,56,57)/b29-27-,44-42+. The highest BCUT2D eigenvalue weighted by molar-refractivity contribution is 7.85. The Morgan fingerprint density at radius 2 is 0.759 bits per heavy atom. The zero-order valence-corrected chi connectivity index (χ0v) is 39.1. The summed E-state index contributed by atoms with van der Waals surface area (Å²) in [6.45, 7) is 4.55. The first-order valence-corrected chi connectivity index (χ1v) is 26.8. The highest BCUT2D eigenvalue weighted by Gasteiger charge is 2.27. The summed E-state index contributed by atoms with van der Waals surface area (Å²) < 4.78 is 32.7. The molecule has 0 bridgehead atoms. The van der Waals surface area contributed by atoms with Crippen LogP contribution >= 0.6 is 0 Å². The molecule has 0 saturated carbocycles. The van der Waals surface area contributed by atoms with Gasteiger partial charge < -0.3 is 15.5 Å². The molecule has 0 heterocycles. The monoisotopic (exact) mass is 840 g/mol. The van der Waals surface area contributed by atoms with Crippen molar-refractivity contribution in [2.45, 2.75) is 283 Å². The van der Waals surface area contributed by atoms with Crippen molar-refractivity contribution in [2.24, 2.45) is 0 Å². The maximum absolute atomic E-state index is 12.7. The molecule has 0 saturated heterocycles. The second-order valence-electron chi connectivity index (χ2n) is 17.6. The third kappa shape index (κ3) is 42.9. The zero-order valence-electron chi connectivity index (χ0n) is 38.3. The van der Waals surface area contributed by atoms with Gasteiger partial charge in [0.2, 0.25) is 5.91 Å². The van der Waals surface area contributed by atoms with E-state index in [9.17, 15) is 28.0 Å². The van der Waals surface area contributed by atoms with E-state index >= 15 is 0 Å². The van der Waals surface area contributed by atoms with Crippen molar-refractivity contribution in [3.05, 3.63) is 24.3 Å². The number of aliphatic hydroxyl groups excluding tert-OH is 2. The Morgan fingerprint density at radius 3 is 1.09 bits per heavy atom. The van der Waals surface area contributed by atoms with Crippen LogP contribution < -0.4 is 5.32 Å². The quantitative estimate of drug-likeness (QED) is 0.0275. The number of aliphatic hydroxyl groups is 2. The van der Waals surface area contributed by atoms with Crippen LogP contribution in [0.1, 0.15) is 264 Å². The largest absolute Gasteiger partial charge is 0.387 e. The van der Waals surface area contributed by atoms with Crippen molar-refractivity contribution in [1.82, 2.24) is 5.32 Å². The minimum Gasteiger partial charge on any atom is -0.387 e. The Morgan fingerprint density at radius 1 is 0.466 bits per heavy atom. The maximum atomic E-state index is 12.7. The van der Waals surface area contributed by atoms with Crippen LogP contribution in [-0.4, -0.2) is 53.1 Å². The number of nitrogens with one attached hydrogen (secondary N) is 1. The van der Waals surface area contributed by atoms with Gasteiger partial charge in [-0.3, -0.25) is 9.35 Å². The highest BCUT2D eigenvalue weighted by Crippen LogP contribution is 2.16. The summed E-state index contributed by atoms with van der Waals surface area (Å²) in [6.07, 6.45) is 53.9. The lowest BCUT2D eigenvalue weighted by Crippen LogP contribution is -2.50. The smallest absolute Gasteiger partial charge is 0.267 e. The molecule has 3 atom stereocenters. The van der Waals surface area contributed by atoms with Gasteiger partial charge in [-0.15, -0.1) is 0 Å². The molecule has 58 heavy (non-hydrogen) atoms. The minimum atomic E-state index is -4.45. The number of amides is 1. The van der Waals surface area contributed by atoms with E-state index in [0.29, 0.717) is 6.42 Å². The molecule has 344 valence electrons. The molecular weight excluding hydrogens is 743 g/mol. The summed E-state index contributed by atoms with van der Waals surface area (Å²) in [4.78, 5) is 12.7. The van der Waals surface area contributed by atoms with Crippen molar-refractivity contribution in [1.29, 1.82) is 0 Å². The molecule has 0 aromatic rings. The molecule has 0 rings (SSSR count). The first-order valence-electron chi connectivity index (χ1n) is 25.1. The van der Waals surface area contributed by atoms with E-state index in [1.54, 1.807) is 0 Å². The van der Waals surface area contributed by atoms with Gasteiger partial charge in [-0.1, -0.05) is 244 Å². The first kappa shape index (κ1) is 56.8. The molecule has 7 nitrogen and oxygen atoms in total. The number of hydrogen-bond donors (Lipinski definition) is 4. The Balaban J connectivity index is 3.91. The number of carbonyl (C=O) groups is 1. The SMILES string of the molecule is CCCCCCCCCCCCC/C=C\CCCCCCCCC(O)C(=O)NC(CS(=O)(=O)O)C(O)/C=C/CCCCCCCCCCCCCCCCCCCC. The number of carbonyl (C=O) groups excluding carboxylic acids is 1. The molecule has 0 aromatic carbocycles. The van der Waals surface area contributed by atoms with Crippen molar-refractivity contribution < 1.29 is 28.0 Å². The summed E-state index contributed by atoms with van der Waals surface area (Å²) in [7, 11) is -4.45. The van der Waals surface area contributed by atoms with Gasteiger partial charge in [0, 0.05) is 0 Å². The topological polar surface area (TPSA) is 124 Å². The van der Waals surface area contributed by atoms with E-state index < -0.39 is 40.0 Å². The van der Waals surface area contributed by atoms with Crippen LogP contribution in [-0.2, 0) is 14.9 Å². The highest BCUT2D eigenvalue weighted by atomic mass is 32.2. The summed E-state index contributed by atoms with van der Waals surface area (Å²) in [5.41, 5.74) is 0. The molecule has 0 aliphatic heterocycles. The predicted molar refractivity (Wildman–Crippen MR) is 250 cm³/mol. The van der Waals surface area contributed by atoms with E-state index in [1.165, 1.54) is 199 Å². The third-order valence-corrected chi connectivity index (χ3v) is 12.5. The Kier molecular flexibility index (Phi) is 42.9. The fourth-order valence-electron chi connectivity index (χ4n) is 7.87. The summed E-state index contributed by atoms with van der Waals surface area (Å²) in [5.74, 6) is -1.53. The molecule has 8 heteroatoms. The Labute approximate surface area is 360 Å².